The second-order valence-electron chi connectivity index (χ2n) is 6.20. The van der Waals surface area contributed by atoms with Crippen LogP contribution in [0.1, 0.15) is 51.1 Å². The van der Waals surface area contributed by atoms with Gasteiger partial charge >= 0.3 is 0 Å². The SMILES string of the molecule is CC1(C)CCC(C(NN)c2cccc(Cl)c2)CC1. The lowest BCUT2D eigenvalue weighted by Gasteiger charge is -2.38. The second kappa shape index (κ2) is 5.60. The maximum absolute atomic E-state index is 6.06. The van der Waals surface area contributed by atoms with Crippen molar-refractivity contribution in [2.45, 2.75) is 45.6 Å². The van der Waals surface area contributed by atoms with E-state index in [-0.39, 0.29) is 6.04 Å². The summed E-state index contributed by atoms with van der Waals surface area (Å²) in [6, 6.07) is 8.25. The fraction of sp³-hybridized carbons (Fsp3) is 0.600. The quantitative estimate of drug-likeness (QED) is 0.640. The highest BCUT2D eigenvalue weighted by Crippen LogP contribution is 2.42. The van der Waals surface area contributed by atoms with Crippen LogP contribution in [-0.4, -0.2) is 0 Å². The molecule has 0 heterocycles. The molecule has 0 amide bonds. The van der Waals surface area contributed by atoms with Crippen LogP contribution in [0.3, 0.4) is 0 Å². The lowest BCUT2D eigenvalue weighted by Crippen LogP contribution is -2.36. The molecule has 1 aromatic carbocycles. The molecule has 0 bridgehead atoms. The molecule has 1 aliphatic carbocycles. The number of halogens is 1. The van der Waals surface area contributed by atoms with Crippen molar-refractivity contribution >= 4 is 11.6 Å². The molecule has 0 aliphatic heterocycles. The van der Waals surface area contributed by atoms with Crippen molar-refractivity contribution in [3.8, 4) is 0 Å². The molecule has 0 aromatic heterocycles. The molecule has 3 N–H and O–H groups in total. The molecule has 0 spiro atoms. The van der Waals surface area contributed by atoms with E-state index in [1.165, 1.54) is 31.2 Å². The second-order valence-corrected chi connectivity index (χ2v) is 6.64. The lowest BCUT2D eigenvalue weighted by atomic mass is 9.70. The maximum atomic E-state index is 6.06. The van der Waals surface area contributed by atoms with Gasteiger partial charge in [-0.2, -0.15) is 0 Å². The van der Waals surface area contributed by atoms with Crippen molar-refractivity contribution in [3.05, 3.63) is 34.9 Å². The Morgan fingerprint density at radius 3 is 2.56 bits per heavy atom. The molecule has 0 radical (unpaired) electrons. The predicted octanol–water partition coefficient (Wildman–Crippen LogP) is 4.06. The van der Waals surface area contributed by atoms with E-state index in [1.807, 2.05) is 18.2 Å². The summed E-state index contributed by atoms with van der Waals surface area (Å²) in [5, 5.41) is 0.781. The van der Waals surface area contributed by atoms with E-state index in [1.54, 1.807) is 0 Å². The maximum Gasteiger partial charge on any atom is 0.0488 e. The first-order chi connectivity index (χ1) is 8.52. The molecular formula is C15H23ClN2. The van der Waals surface area contributed by atoms with E-state index in [4.69, 9.17) is 17.4 Å². The third kappa shape index (κ3) is 3.25. The molecule has 3 heteroatoms. The highest BCUT2D eigenvalue weighted by atomic mass is 35.5. The minimum absolute atomic E-state index is 0.222. The van der Waals surface area contributed by atoms with Crippen LogP contribution in [0, 0.1) is 11.3 Å². The van der Waals surface area contributed by atoms with E-state index < -0.39 is 0 Å². The van der Waals surface area contributed by atoms with Crippen LogP contribution in [0.5, 0.6) is 0 Å². The number of hydrazine groups is 1. The highest BCUT2D eigenvalue weighted by Gasteiger charge is 2.31. The average Bonchev–Trinajstić information content (AvgIpc) is 2.32. The smallest absolute Gasteiger partial charge is 0.0488 e. The van der Waals surface area contributed by atoms with E-state index in [0.29, 0.717) is 11.3 Å². The first kappa shape index (κ1) is 13.9. The Morgan fingerprint density at radius 1 is 1.33 bits per heavy atom. The summed E-state index contributed by atoms with van der Waals surface area (Å²) < 4.78 is 0. The first-order valence-corrected chi connectivity index (χ1v) is 7.11. The van der Waals surface area contributed by atoms with Crippen LogP contribution in [0.25, 0.3) is 0 Å². The van der Waals surface area contributed by atoms with Crippen LogP contribution in [-0.2, 0) is 0 Å². The fourth-order valence-corrected chi connectivity index (χ4v) is 3.16. The Balaban J connectivity index is 2.10. The zero-order valence-corrected chi connectivity index (χ0v) is 12.0. The molecule has 1 saturated carbocycles. The van der Waals surface area contributed by atoms with Gasteiger partial charge in [0, 0.05) is 11.1 Å². The number of benzene rings is 1. The number of nitrogens with two attached hydrogens (primary N) is 1. The van der Waals surface area contributed by atoms with Gasteiger partial charge in [-0.1, -0.05) is 37.6 Å². The average molecular weight is 267 g/mol. The van der Waals surface area contributed by atoms with Gasteiger partial charge in [-0.15, -0.1) is 0 Å². The summed E-state index contributed by atoms with van der Waals surface area (Å²) in [4.78, 5) is 0. The Bertz CT molecular complexity index is 393. The number of rotatable bonds is 3. The normalized spacial score (nSPS) is 21.8. The van der Waals surface area contributed by atoms with E-state index in [2.05, 4.69) is 25.3 Å². The predicted molar refractivity (Wildman–Crippen MR) is 77.3 cm³/mol. The van der Waals surface area contributed by atoms with Gasteiger partial charge in [-0.05, 0) is 54.7 Å². The summed E-state index contributed by atoms with van der Waals surface area (Å²) in [6.07, 6.45) is 5.01. The summed E-state index contributed by atoms with van der Waals surface area (Å²) in [5.74, 6) is 6.37. The molecule has 1 aromatic rings. The van der Waals surface area contributed by atoms with Gasteiger partial charge in [0.15, 0.2) is 0 Å². The van der Waals surface area contributed by atoms with Crippen molar-refractivity contribution in [2.24, 2.45) is 17.2 Å². The van der Waals surface area contributed by atoms with Gasteiger partial charge in [0.05, 0.1) is 0 Å². The van der Waals surface area contributed by atoms with Gasteiger partial charge in [0.2, 0.25) is 0 Å². The molecule has 2 rings (SSSR count). The van der Waals surface area contributed by atoms with Crippen LogP contribution in [0.4, 0.5) is 0 Å². The zero-order valence-electron chi connectivity index (χ0n) is 11.2. The Labute approximate surface area is 115 Å². The summed E-state index contributed by atoms with van der Waals surface area (Å²) in [5.41, 5.74) is 4.68. The van der Waals surface area contributed by atoms with Crippen LogP contribution in [0.15, 0.2) is 24.3 Å². The van der Waals surface area contributed by atoms with E-state index in [0.717, 1.165) is 5.02 Å². The van der Waals surface area contributed by atoms with Gasteiger partial charge in [-0.25, -0.2) is 0 Å². The standard InChI is InChI=1S/C15H23ClN2/c1-15(2)8-6-11(7-9-15)14(18-17)12-4-3-5-13(16)10-12/h3-5,10-11,14,18H,6-9,17H2,1-2H3. The van der Waals surface area contributed by atoms with Crippen molar-refractivity contribution in [2.75, 3.05) is 0 Å². The summed E-state index contributed by atoms with van der Waals surface area (Å²) in [6.45, 7) is 4.71. The van der Waals surface area contributed by atoms with Crippen molar-refractivity contribution in [3.63, 3.8) is 0 Å². The zero-order chi connectivity index (χ0) is 13.2. The van der Waals surface area contributed by atoms with Crippen LogP contribution < -0.4 is 11.3 Å². The topological polar surface area (TPSA) is 38.0 Å². The number of hydrogen-bond donors (Lipinski definition) is 2. The number of nitrogens with one attached hydrogen (secondary N) is 1. The molecule has 0 saturated heterocycles. The van der Waals surface area contributed by atoms with Gasteiger partial charge in [0.1, 0.15) is 0 Å². The molecule has 18 heavy (non-hydrogen) atoms. The van der Waals surface area contributed by atoms with Crippen molar-refractivity contribution < 1.29 is 0 Å². The van der Waals surface area contributed by atoms with Crippen LogP contribution in [0.2, 0.25) is 5.02 Å². The molecule has 2 nitrogen and oxygen atoms in total. The molecule has 100 valence electrons. The van der Waals surface area contributed by atoms with Crippen molar-refractivity contribution in [1.29, 1.82) is 0 Å². The monoisotopic (exact) mass is 266 g/mol. The minimum atomic E-state index is 0.222. The molecule has 1 fully saturated rings. The Kier molecular flexibility index (Phi) is 4.31. The first-order valence-electron chi connectivity index (χ1n) is 6.73. The largest absolute Gasteiger partial charge is 0.271 e. The minimum Gasteiger partial charge on any atom is -0.271 e. The number of hydrogen-bond acceptors (Lipinski definition) is 2. The summed E-state index contributed by atoms with van der Waals surface area (Å²) >= 11 is 6.06. The Hall–Kier alpha value is -0.570. The molecule has 1 atom stereocenters. The Morgan fingerprint density at radius 2 is 2.00 bits per heavy atom. The van der Waals surface area contributed by atoms with Gasteiger partial charge < -0.3 is 0 Å². The van der Waals surface area contributed by atoms with E-state index in [9.17, 15) is 0 Å². The highest BCUT2D eigenvalue weighted by molar-refractivity contribution is 6.30. The van der Waals surface area contributed by atoms with E-state index >= 15 is 0 Å². The molecular weight excluding hydrogens is 244 g/mol. The van der Waals surface area contributed by atoms with Crippen molar-refractivity contribution in [1.82, 2.24) is 5.43 Å². The lowest BCUT2D eigenvalue weighted by molar-refractivity contribution is 0.161. The molecule has 1 unspecified atom stereocenters. The third-order valence-electron chi connectivity index (χ3n) is 4.24. The summed E-state index contributed by atoms with van der Waals surface area (Å²) in [7, 11) is 0. The van der Waals surface area contributed by atoms with Crippen LogP contribution >= 0.6 is 11.6 Å². The third-order valence-corrected chi connectivity index (χ3v) is 4.48. The fourth-order valence-electron chi connectivity index (χ4n) is 2.96. The van der Waals surface area contributed by atoms with Gasteiger partial charge in [-0.3, -0.25) is 11.3 Å². The van der Waals surface area contributed by atoms with Gasteiger partial charge in [0.25, 0.3) is 0 Å². The molecule has 1 aliphatic rings.